The molecule has 1 aromatic heterocycles. The van der Waals surface area contributed by atoms with Gasteiger partial charge in [0.25, 0.3) is 0 Å². The van der Waals surface area contributed by atoms with E-state index in [9.17, 15) is 4.79 Å². The average Bonchev–Trinajstić information content (AvgIpc) is 3.10. The van der Waals surface area contributed by atoms with Crippen molar-refractivity contribution < 1.29 is 19.0 Å². The predicted molar refractivity (Wildman–Crippen MR) is 122 cm³/mol. The van der Waals surface area contributed by atoms with E-state index in [1.165, 1.54) is 11.3 Å². The first-order chi connectivity index (χ1) is 14.6. The fourth-order valence-corrected chi connectivity index (χ4v) is 4.15. The number of hydrogen-bond acceptors (Lipinski definition) is 6. The van der Waals surface area contributed by atoms with E-state index >= 15 is 0 Å². The van der Waals surface area contributed by atoms with Crippen LogP contribution in [0.4, 0.5) is 5.00 Å². The molecule has 0 saturated heterocycles. The zero-order valence-corrected chi connectivity index (χ0v) is 18.2. The second-order valence-corrected chi connectivity index (χ2v) is 7.45. The molecule has 7 heteroatoms. The number of thiophene rings is 1. The fourth-order valence-electron chi connectivity index (χ4n) is 2.84. The van der Waals surface area contributed by atoms with Gasteiger partial charge in [-0.15, -0.1) is 17.8 Å². The molecule has 0 spiro atoms. The van der Waals surface area contributed by atoms with Gasteiger partial charge in [-0.05, 0) is 37.6 Å². The minimum atomic E-state index is -0.395. The minimum Gasteiger partial charge on any atom is -0.490 e. The van der Waals surface area contributed by atoms with Crippen molar-refractivity contribution in [1.29, 1.82) is 0 Å². The molecular formula is C23H20ClNO4S. The Hall–Kier alpha value is -3.01. The minimum absolute atomic E-state index is 0.0813. The van der Waals surface area contributed by atoms with Gasteiger partial charge in [0.15, 0.2) is 11.5 Å². The summed E-state index contributed by atoms with van der Waals surface area (Å²) < 4.78 is 17.3. The maximum absolute atomic E-state index is 12.5. The number of benzene rings is 2. The summed E-state index contributed by atoms with van der Waals surface area (Å²) in [6.45, 7) is 4.45. The van der Waals surface area contributed by atoms with Gasteiger partial charge < -0.3 is 14.2 Å². The highest BCUT2D eigenvalue weighted by Gasteiger charge is 2.19. The lowest BCUT2D eigenvalue weighted by Gasteiger charge is -2.12. The van der Waals surface area contributed by atoms with Crippen LogP contribution in [0, 0.1) is 12.3 Å². The molecular weight excluding hydrogens is 422 g/mol. The highest BCUT2D eigenvalue weighted by molar-refractivity contribution is 7.23. The van der Waals surface area contributed by atoms with Crippen LogP contribution in [0.15, 0.2) is 41.4 Å². The number of esters is 1. The largest absolute Gasteiger partial charge is 0.490 e. The van der Waals surface area contributed by atoms with Crippen molar-refractivity contribution >= 4 is 50.2 Å². The van der Waals surface area contributed by atoms with Crippen molar-refractivity contribution in [3.63, 3.8) is 0 Å². The molecule has 154 valence electrons. The molecule has 3 aromatic rings. The van der Waals surface area contributed by atoms with E-state index in [1.54, 1.807) is 25.3 Å². The van der Waals surface area contributed by atoms with E-state index in [2.05, 4.69) is 10.9 Å². The van der Waals surface area contributed by atoms with Crippen LogP contribution in [-0.4, -0.2) is 32.0 Å². The first kappa shape index (κ1) is 21.7. The summed E-state index contributed by atoms with van der Waals surface area (Å²) in [4.78, 5) is 17.1. The van der Waals surface area contributed by atoms with Crippen LogP contribution in [0.2, 0.25) is 5.02 Å². The number of carbonyl (C=O) groups is 1. The smallest absolute Gasteiger partial charge is 0.341 e. The van der Waals surface area contributed by atoms with Crippen LogP contribution in [0.5, 0.6) is 11.5 Å². The van der Waals surface area contributed by atoms with E-state index in [0.717, 1.165) is 10.1 Å². The lowest BCUT2D eigenvalue weighted by atomic mass is 10.1. The zero-order chi connectivity index (χ0) is 21.5. The Labute approximate surface area is 184 Å². The van der Waals surface area contributed by atoms with Gasteiger partial charge in [-0.2, -0.15) is 0 Å². The van der Waals surface area contributed by atoms with Crippen LogP contribution in [0.1, 0.15) is 29.8 Å². The SMILES string of the molecule is C#CCOc1c(Cl)cc(C=Nc2sc3ccccc3c2C(=O)OCC)cc1OCC. The molecule has 5 nitrogen and oxygen atoms in total. The van der Waals surface area contributed by atoms with E-state index in [4.69, 9.17) is 32.2 Å². The molecule has 0 saturated carbocycles. The first-order valence-electron chi connectivity index (χ1n) is 9.34. The molecule has 2 aromatic carbocycles. The Kier molecular flexibility index (Phi) is 7.34. The standard InChI is InChI=1S/C23H20ClNO4S/c1-4-11-29-21-17(24)12-15(13-18(21)27-5-2)14-25-22-20(23(26)28-6-3)16-9-7-8-10-19(16)30-22/h1,7-10,12-14H,5-6,11H2,2-3H3. The fraction of sp³-hybridized carbons (Fsp3) is 0.217. The van der Waals surface area contributed by atoms with E-state index in [1.807, 2.05) is 31.2 Å². The highest BCUT2D eigenvalue weighted by Crippen LogP contribution is 2.39. The number of rotatable bonds is 8. The van der Waals surface area contributed by atoms with Crippen LogP contribution in [0.3, 0.4) is 0 Å². The summed E-state index contributed by atoms with van der Waals surface area (Å²) >= 11 is 7.79. The van der Waals surface area contributed by atoms with Crippen molar-refractivity contribution in [2.24, 2.45) is 4.99 Å². The Bertz CT molecular complexity index is 1130. The van der Waals surface area contributed by atoms with Gasteiger partial charge in [0.05, 0.1) is 18.2 Å². The van der Waals surface area contributed by atoms with Crippen molar-refractivity contribution in [2.75, 3.05) is 19.8 Å². The van der Waals surface area contributed by atoms with Gasteiger partial charge in [-0.25, -0.2) is 9.79 Å². The lowest BCUT2D eigenvalue weighted by molar-refractivity contribution is 0.0530. The van der Waals surface area contributed by atoms with Gasteiger partial charge >= 0.3 is 5.97 Å². The molecule has 0 fully saturated rings. The highest BCUT2D eigenvalue weighted by atomic mass is 35.5. The summed E-state index contributed by atoms with van der Waals surface area (Å²) in [6.07, 6.45) is 6.90. The predicted octanol–water partition coefficient (Wildman–Crippen LogP) is 5.89. The maximum atomic E-state index is 12.5. The van der Waals surface area contributed by atoms with Crippen LogP contribution in [-0.2, 0) is 4.74 Å². The number of halogens is 1. The molecule has 0 bridgehead atoms. The Morgan fingerprint density at radius 3 is 2.77 bits per heavy atom. The summed E-state index contributed by atoms with van der Waals surface area (Å²) in [5, 5.41) is 1.75. The quantitative estimate of drug-likeness (QED) is 0.248. The van der Waals surface area contributed by atoms with Gasteiger partial charge in [-0.1, -0.05) is 35.7 Å². The number of ether oxygens (including phenoxy) is 3. The molecule has 0 aliphatic carbocycles. The third-order valence-electron chi connectivity index (χ3n) is 4.02. The van der Waals surface area contributed by atoms with Crippen molar-refractivity contribution in [1.82, 2.24) is 0 Å². The zero-order valence-electron chi connectivity index (χ0n) is 16.6. The van der Waals surface area contributed by atoms with Crippen LogP contribution >= 0.6 is 22.9 Å². The van der Waals surface area contributed by atoms with Gasteiger partial charge in [0.2, 0.25) is 0 Å². The van der Waals surface area contributed by atoms with Gasteiger partial charge in [0, 0.05) is 16.3 Å². The second kappa shape index (κ2) is 10.1. The third-order valence-corrected chi connectivity index (χ3v) is 5.38. The molecule has 0 unspecified atom stereocenters. The number of carbonyl (C=O) groups excluding carboxylic acids is 1. The normalized spacial score (nSPS) is 10.9. The van der Waals surface area contributed by atoms with E-state index < -0.39 is 5.97 Å². The van der Waals surface area contributed by atoms with Crippen molar-refractivity contribution in [2.45, 2.75) is 13.8 Å². The molecule has 0 radical (unpaired) electrons. The number of fused-ring (bicyclic) bond motifs is 1. The monoisotopic (exact) mass is 441 g/mol. The molecule has 0 N–H and O–H groups in total. The summed E-state index contributed by atoms with van der Waals surface area (Å²) in [7, 11) is 0. The number of nitrogens with zero attached hydrogens (tertiary/aromatic N) is 1. The third kappa shape index (κ3) is 4.76. The number of aliphatic imine (C=N–C) groups is 1. The van der Waals surface area contributed by atoms with Crippen LogP contribution < -0.4 is 9.47 Å². The maximum Gasteiger partial charge on any atom is 0.341 e. The first-order valence-corrected chi connectivity index (χ1v) is 10.5. The molecule has 3 rings (SSSR count). The summed E-state index contributed by atoms with van der Waals surface area (Å²) in [5.41, 5.74) is 1.16. The van der Waals surface area contributed by atoms with Crippen molar-refractivity contribution in [3.8, 4) is 23.8 Å². The topological polar surface area (TPSA) is 57.1 Å². The van der Waals surface area contributed by atoms with Gasteiger partial charge in [0.1, 0.15) is 17.2 Å². The average molecular weight is 442 g/mol. The number of hydrogen-bond donors (Lipinski definition) is 0. The number of terminal acetylenes is 1. The Morgan fingerprint density at radius 2 is 2.03 bits per heavy atom. The van der Waals surface area contributed by atoms with Crippen LogP contribution in [0.25, 0.3) is 10.1 Å². The Morgan fingerprint density at radius 1 is 1.23 bits per heavy atom. The second-order valence-electron chi connectivity index (χ2n) is 6.01. The van der Waals surface area contributed by atoms with Crippen molar-refractivity contribution in [3.05, 3.63) is 52.5 Å². The summed E-state index contributed by atoms with van der Waals surface area (Å²) in [6, 6.07) is 11.1. The molecule has 0 aliphatic heterocycles. The molecule has 1 heterocycles. The lowest BCUT2D eigenvalue weighted by Crippen LogP contribution is -2.04. The Balaban J connectivity index is 2.01. The summed E-state index contributed by atoms with van der Waals surface area (Å²) in [5.74, 6) is 2.88. The molecule has 0 aliphatic rings. The molecule has 0 amide bonds. The molecule has 0 atom stereocenters. The van der Waals surface area contributed by atoms with E-state index in [0.29, 0.717) is 45.9 Å². The van der Waals surface area contributed by atoms with E-state index in [-0.39, 0.29) is 6.61 Å². The van der Waals surface area contributed by atoms with Gasteiger partial charge in [-0.3, -0.25) is 0 Å². The molecule has 30 heavy (non-hydrogen) atoms.